The van der Waals surface area contributed by atoms with Crippen molar-refractivity contribution in [2.45, 2.75) is 51.7 Å². The zero-order valence-electron chi connectivity index (χ0n) is 12.6. The Kier molecular flexibility index (Phi) is 4.27. The van der Waals surface area contributed by atoms with E-state index in [0.717, 1.165) is 29.2 Å². The summed E-state index contributed by atoms with van der Waals surface area (Å²) in [5.74, 6) is 0.874. The first-order valence-corrected chi connectivity index (χ1v) is 8.46. The van der Waals surface area contributed by atoms with Gasteiger partial charge in [-0.3, -0.25) is 0 Å². The number of benzene rings is 1. The smallest absolute Gasteiger partial charge is 0.120 e. The molecule has 1 heterocycles. The highest BCUT2D eigenvalue weighted by Crippen LogP contribution is 2.32. The zero-order chi connectivity index (χ0) is 14.8. The van der Waals surface area contributed by atoms with Crippen LogP contribution in [0.2, 0.25) is 0 Å². The first kappa shape index (κ1) is 14.5. The molecule has 1 unspecified atom stereocenters. The third-order valence-electron chi connectivity index (χ3n) is 3.72. The second-order valence-corrected chi connectivity index (χ2v) is 6.96. The van der Waals surface area contributed by atoms with Crippen molar-refractivity contribution in [1.29, 1.82) is 0 Å². The molecule has 1 atom stereocenters. The van der Waals surface area contributed by atoms with Crippen LogP contribution in [0.25, 0.3) is 0 Å². The van der Waals surface area contributed by atoms with Crippen molar-refractivity contribution in [3.05, 3.63) is 45.4 Å². The van der Waals surface area contributed by atoms with Crippen LogP contribution in [0.3, 0.4) is 0 Å². The summed E-state index contributed by atoms with van der Waals surface area (Å²) >= 11 is 1.78. The Labute approximate surface area is 130 Å². The maximum Gasteiger partial charge on any atom is 0.120 e. The fourth-order valence-electron chi connectivity index (χ4n) is 2.70. The van der Waals surface area contributed by atoms with Gasteiger partial charge in [-0.25, -0.2) is 4.98 Å². The molecular formula is C17H22N2OS. The molecule has 112 valence electrons. The summed E-state index contributed by atoms with van der Waals surface area (Å²) < 4.78 is 5.75. The quantitative estimate of drug-likeness (QED) is 0.933. The monoisotopic (exact) mass is 302 g/mol. The van der Waals surface area contributed by atoms with Gasteiger partial charge >= 0.3 is 0 Å². The number of aromatic nitrogens is 1. The summed E-state index contributed by atoms with van der Waals surface area (Å²) in [5, 5.41) is 1.03. The minimum atomic E-state index is -0.156. The van der Waals surface area contributed by atoms with E-state index in [4.69, 9.17) is 15.5 Å². The summed E-state index contributed by atoms with van der Waals surface area (Å²) in [6.07, 6.45) is 4.97. The van der Waals surface area contributed by atoms with Gasteiger partial charge in [-0.05, 0) is 57.2 Å². The molecule has 0 radical (unpaired) electrons. The number of fused-ring (bicyclic) bond motifs is 1. The molecule has 2 aromatic rings. The van der Waals surface area contributed by atoms with Crippen LogP contribution in [-0.4, -0.2) is 11.1 Å². The summed E-state index contributed by atoms with van der Waals surface area (Å²) in [6, 6.07) is 7.91. The van der Waals surface area contributed by atoms with Crippen LogP contribution in [0.5, 0.6) is 5.75 Å². The van der Waals surface area contributed by atoms with E-state index < -0.39 is 0 Å². The Balaban J connectivity index is 1.84. The third kappa shape index (κ3) is 3.27. The highest BCUT2D eigenvalue weighted by molar-refractivity contribution is 7.11. The molecule has 0 fully saturated rings. The van der Waals surface area contributed by atoms with Gasteiger partial charge in [0.15, 0.2) is 0 Å². The van der Waals surface area contributed by atoms with Crippen molar-refractivity contribution >= 4 is 11.3 Å². The van der Waals surface area contributed by atoms with E-state index in [-0.39, 0.29) is 12.1 Å². The average Bonchev–Trinajstić information content (AvgIpc) is 2.90. The van der Waals surface area contributed by atoms with Gasteiger partial charge in [-0.1, -0.05) is 12.1 Å². The van der Waals surface area contributed by atoms with Crippen molar-refractivity contribution in [2.75, 3.05) is 0 Å². The predicted octanol–water partition coefficient (Wildman–Crippen LogP) is 3.86. The lowest BCUT2D eigenvalue weighted by atomic mass is 10.0. The Morgan fingerprint density at radius 3 is 2.81 bits per heavy atom. The number of rotatable bonds is 4. The summed E-state index contributed by atoms with van der Waals surface area (Å²) in [5.41, 5.74) is 8.76. The van der Waals surface area contributed by atoms with Crippen molar-refractivity contribution < 1.29 is 4.74 Å². The first-order valence-electron chi connectivity index (χ1n) is 7.64. The summed E-state index contributed by atoms with van der Waals surface area (Å²) in [6.45, 7) is 4.06. The molecule has 1 aromatic carbocycles. The van der Waals surface area contributed by atoms with Gasteiger partial charge in [0.1, 0.15) is 10.8 Å². The van der Waals surface area contributed by atoms with E-state index in [0.29, 0.717) is 0 Å². The lowest BCUT2D eigenvalue weighted by Crippen LogP contribution is -2.12. The highest BCUT2D eigenvalue weighted by atomic mass is 32.1. The molecule has 0 saturated heterocycles. The molecule has 21 heavy (non-hydrogen) atoms. The molecule has 1 aromatic heterocycles. The molecule has 3 nitrogen and oxygen atoms in total. The molecule has 1 aliphatic carbocycles. The number of ether oxygens (including phenoxy) is 1. The van der Waals surface area contributed by atoms with E-state index in [2.05, 4.69) is 6.07 Å². The number of aryl methyl sites for hydroxylation is 2. The van der Waals surface area contributed by atoms with E-state index in [1.807, 2.05) is 32.0 Å². The van der Waals surface area contributed by atoms with E-state index in [9.17, 15) is 0 Å². The van der Waals surface area contributed by atoms with E-state index in [1.54, 1.807) is 11.3 Å². The average molecular weight is 302 g/mol. The fraction of sp³-hybridized carbons (Fsp3) is 0.471. The van der Waals surface area contributed by atoms with Crippen LogP contribution >= 0.6 is 11.3 Å². The Hall–Kier alpha value is -1.39. The maximum atomic E-state index is 6.42. The number of thiazole rings is 1. The third-order valence-corrected chi connectivity index (χ3v) is 4.96. The summed E-state index contributed by atoms with van der Waals surface area (Å²) in [7, 11) is 0. The molecule has 3 rings (SSSR count). The molecular weight excluding hydrogens is 280 g/mol. The minimum Gasteiger partial charge on any atom is -0.491 e. The van der Waals surface area contributed by atoms with Gasteiger partial charge in [0.05, 0.1) is 17.8 Å². The number of nitrogens with two attached hydrogens (primary N) is 1. The lowest BCUT2D eigenvalue weighted by Gasteiger charge is -2.13. The van der Waals surface area contributed by atoms with E-state index in [1.165, 1.54) is 23.4 Å². The fourth-order valence-corrected chi connectivity index (χ4v) is 3.88. The molecule has 4 heteroatoms. The molecule has 0 saturated carbocycles. The SMILES string of the molecule is CC(C)Oc1cccc(C(N)c2nc3c(s2)CCCC3)c1. The van der Waals surface area contributed by atoms with Crippen molar-refractivity contribution in [3.63, 3.8) is 0 Å². The van der Waals surface area contributed by atoms with Gasteiger partial charge in [0.25, 0.3) is 0 Å². The molecule has 0 aliphatic heterocycles. The highest BCUT2D eigenvalue weighted by Gasteiger charge is 2.20. The molecule has 0 amide bonds. The second kappa shape index (κ2) is 6.16. The minimum absolute atomic E-state index is 0.156. The molecule has 0 spiro atoms. The van der Waals surface area contributed by atoms with E-state index >= 15 is 0 Å². The molecule has 1 aliphatic rings. The summed E-state index contributed by atoms with van der Waals surface area (Å²) in [4.78, 5) is 6.20. The van der Waals surface area contributed by atoms with Crippen LogP contribution in [0.15, 0.2) is 24.3 Å². The maximum absolute atomic E-state index is 6.42. The van der Waals surface area contributed by atoms with Crippen LogP contribution in [0.4, 0.5) is 0 Å². The molecule has 0 bridgehead atoms. The van der Waals surface area contributed by atoms with Crippen molar-refractivity contribution in [1.82, 2.24) is 4.98 Å². The van der Waals surface area contributed by atoms with Gasteiger partial charge in [0, 0.05) is 4.88 Å². The van der Waals surface area contributed by atoms with Gasteiger partial charge < -0.3 is 10.5 Å². The Bertz CT molecular complexity index is 598. The van der Waals surface area contributed by atoms with Crippen molar-refractivity contribution in [2.24, 2.45) is 5.73 Å². The van der Waals surface area contributed by atoms with Gasteiger partial charge in [-0.15, -0.1) is 11.3 Å². The van der Waals surface area contributed by atoms with Crippen LogP contribution < -0.4 is 10.5 Å². The topological polar surface area (TPSA) is 48.1 Å². The Morgan fingerprint density at radius 2 is 2.05 bits per heavy atom. The number of hydrogen-bond acceptors (Lipinski definition) is 4. The van der Waals surface area contributed by atoms with Gasteiger partial charge in [-0.2, -0.15) is 0 Å². The number of hydrogen-bond donors (Lipinski definition) is 1. The first-order chi connectivity index (χ1) is 10.1. The predicted molar refractivity (Wildman–Crippen MR) is 87.0 cm³/mol. The zero-order valence-corrected chi connectivity index (χ0v) is 13.5. The molecule has 2 N–H and O–H groups in total. The van der Waals surface area contributed by atoms with Crippen molar-refractivity contribution in [3.8, 4) is 5.75 Å². The largest absolute Gasteiger partial charge is 0.491 e. The lowest BCUT2D eigenvalue weighted by molar-refractivity contribution is 0.242. The van der Waals surface area contributed by atoms with Crippen LogP contribution in [0, 0.1) is 0 Å². The van der Waals surface area contributed by atoms with Crippen LogP contribution in [-0.2, 0) is 12.8 Å². The van der Waals surface area contributed by atoms with Gasteiger partial charge in [0.2, 0.25) is 0 Å². The normalized spacial score (nSPS) is 15.8. The van der Waals surface area contributed by atoms with Crippen LogP contribution in [0.1, 0.15) is 53.9 Å². The second-order valence-electron chi connectivity index (χ2n) is 5.85. The number of nitrogens with zero attached hydrogens (tertiary/aromatic N) is 1. The Morgan fingerprint density at radius 1 is 1.24 bits per heavy atom. The standard InChI is InChI=1S/C17H22N2OS/c1-11(2)20-13-7-5-6-12(10-13)16(18)17-19-14-8-3-4-9-15(14)21-17/h5-7,10-11,16H,3-4,8-9,18H2,1-2H3.